The van der Waals surface area contributed by atoms with Gasteiger partial charge in [0, 0.05) is 24.3 Å². The number of pyridine rings is 1. The van der Waals surface area contributed by atoms with Crippen molar-refractivity contribution in [3.8, 4) is 0 Å². The Morgan fingerprint density at radius 2 is 1.73 bits per heavy atom. The molecule has 0 unspecified atom stereocenters. The number of anilines is 1. The molecule has 0 aliphatic heterocycles. The van der Waals surface area contributed by atoms with E-state index in [1.807, 2.05) is 54.6 Å². The molecule has 0 bridgehead atoms. The highest BCUT2D eigenvalue weighted by atomic mass is 16.2. The van der Waals surface area contributed by atoms with Crippen LogP contribution in [0.2, 0.25) is 0 Å². The molecule has 1 heterocycles. The van der Waals surface area contributed by atoms with Gasteiger partial charge in [-0.05, 0) is 35.6 Å². The van der Waals surface area contributed by atoms with E-state index in [-0.39, 0.29) is 6.03 Å². The highest BCUT2D eigenvalue weighted by molar-refractivity contribution is 6.01. The van der Waals surface area contributed by atoms with Gasteiger partial charge in [-0.25, -0.2) is 4.79 Å². The van der Waals surface area contributed by atoms with Crippen LogP contribution in [0.15, 0.2) is 67.0 Å². The number of nitrogens with one attached hydrogen (secondary N) is 2. The first-order valence-corrected chi connectivity index (χ1v) is 7.24. The third-order valence-electron chi connectivity index (χ3n) is 3.49. The molecule has 22 heavy (non-hydrogen) atoms. The maximum Gasteiger partial charge on any atom is 0.319 e. The maximum absolute atomic E-state index is 12.0. The molecule has 2 aromatic carbocycles. The summed E-state index contributed by atoms with van der Waals surface area (Å²) < 4.78 is 0. The third kappa shape index (κ3) is 3.41. The predicted molar refractivity (Wildman–Crippen MR) is 88.9 cm³/mol. The van der Waals surface area contributed by atoms with Gasteiger partial charge in [0.25, 0.3) is 0 Å². The minimum atomic E-state index is -0.189. The van der Waals surface area contributed by atoms with Gasteiger partial charge in [0.05, 0.1) is 5.69 Å². The van der Waals surface area contributed by atoms with E-state index in [0.717, 1.165) is 28.4 Å². The molecule has 110 valence electrons. The number of carbonyl (C=O) groups excluding carboxylic acids is 1. The van der Waals surface area contributed by atoms with E-state index in [0.29, 0.717) is 6.54 Å². The molecule has 0 fully saturated rings. The summed E-state index contributed by atoms with van der Waals surface area (Å²) in [5, 5.41) is 7.93. The zero-order valence-corrected chi connectivity index (χ0v) is 12.1. The second-order valence-electron chi connectivity index (χ2n) is 5.01. The largest absolute Gasteiger partial charge is 0.338 e. The summed E-state index contributed by atoms with van der Waals surface area (Å²) in [6.07, 6.45) is 4.29. The fourth-order valence-corrected chi connectivity index (χ4v) is 2.37. The molecular weight excluding hydrogens is 274 g/mol. The Morgan fingerprint density at radius 1 is 0.955 bits per heavy atom. The van der Waals surface area contributed by atoms with Gasteiger partial charge in [-0.1, -0.05) is 36.4 Å². The fraction of sp³-hybridized carbons (Fsp3) is 0.111. The van der Waals surface area contributed by atoms with Crippen LogP contribution in [0.25, 0.3) is 10.8 Å². The summed E-state index contributed by atoms with van der Waals surface area (Å²) in [5.41, 5.74) is 1.97. The summed E-state index contributed by atoms with van der Waals surface area (Å²) in [7, 11) is 0. The van der Waals surface area contributed by atoms with Crippen molar-refractivity contribution >= 4 is 22.5 Å². The molecule has 0 saturated carbocycles. The van der Waals surface area contributed by atoms with E-state index < -0.39 is 0 Å². The highest BCUT2D eigenvalue weighted by Gasteiger charge is 2.04. The van der Waals surface area contributed by atoms with Gasteiger partial charge in [0.15, 0.2) is 0 Å². The highest BCUT2D eigenvalue weighted by Crippen LogP contribution is 2.22. The second kappa shape index (κ2) is 6.72. The molecule has 0 atom stereocenters. The number of aromatic nitrogens is 1. The topological polar surface area (TPSA) is 54.0 Å². The Labute approximate surface area is 129 Å². The molecule has 1 aromatic heterocycles. The van der Waals surface area contributed by atoms with Crippen molar-refractivity contribution in [1.29, 1.82) is 0 Å². The minimum absolute atomic E-state index is 0.189. The summed E-state index contributed by atoms with van der Waals surface area (Å²) in [6, 6.07) is 17.6. The van der Waals surface area contributed by atoms with Crippen LogP contribution < -0.4 is 10.6 Å². The summed E-state index contributed by atoms with van der Waals surface area (Å²) in [5.74, 6) is 0. The van der Waals surface area contributed by atoms with Gasteiger partial charge >= 0.3 is 6.03 Å². The lowest BCUT2D eigenvalue weighted by molar-refractivity contribution is 0.252. The third-order valence-corrected chi connectivity index (χ3v) is 3.49. The predicted octanol–water partition coefficient (Wildman–Crippen LogP) is 3.60. The first-order valence-electron chi connectivity index (χ1n) is 7.24. The molecular formula is C18H17N3O. The number of nitrogens with zero attached hydrogens (tertiary/aromatic N) is 1. The summed E-state index contributed by atoms with van der Waals surface area (Å²) in [4.78, 5) is 16.0. The van der Waals surface area contributed by atoms with Gasteiger partial charge in [-0.3, -0.25) is 4.98 Å². The van der Waals surface area contributed by atoms with E-state index in [4.69, 9.17) is 0 Å². The Bertz CT molecular complexity index is 766. The van der Waals surface area contributed by atoms with Crippen LogP contribution >= 0.6 is 0 Å². The van der Waals surface area contributed by atoms with Crippen molar-refractivity contribution in [2.75, 3.05) is 11.9 Å². The van der Waals surface area contributed by atoms with Crippen LogP contribution in [0, 0.1) is 0 Å². The molecule has 3 rings (SSSR count). The number of hydrogen-bond acceptors (Lipinski definition) is 2. The van der Waals surface area contributed by atoms with E-state index in [9.17, 15) is 4.79 Å². The van der Waals surface area contributed by atoms with Gasteiger partial charge in [-0.15, -0.1) is 0 Å². The lowest BCUT2D eigenvalue weighted by atomic mass is 10.1. The molecule has 0 spiro atoms. The second-order valence-corrected chi connectivity index (χ2v) is 5.01. The SMILES string of the molecule is O=C(NCCc1ccncc1)Nc1cccc2ccccc12. The Kier molecular flexibility index (Phi) is 4.30. The number of amides is 2. The summed E-state index contributed by atoms with van der Waals surface area (Å²) in [6.45, 7) is 0.584. The van der Waals surface area contributed by atoms with Gasteiger partial charge < -0.3 is 10.6 Å². The molecule has 2 N–H and O–H groups in total. The maximum atomic E-state index is 12.0. The Balaban J connectivity index is 1.59. The number of fused-ring (bicyclic) bond motifs is 1. The first kappa shape index (κ1) is 14.1. The number of hydrogen-bond donors (Lipinski definition) is 2. The standard InChI is InChI=1S/C18H17N3O/c22-18(20-13-10-14-8-11-19-12-9-14)21-17-7-3-5-15-4-1-2-6-16(15)17/h1-9,11-12H,10,13H2,(H2,20,21,22). The average molecular weight is 291 g/mol. The lowest BCUT2D eigenvalue weighted by Gasteiger charge is -2.10. The number of urea groups is 1. The Hall–Kier alpha value is -2.88. The molecule has 4 heteroatoms. The van der Waals surface area contributed by atoms with Crippen LogP contribution in [0.1, 0.15) is 5.56 Å². The average Bonchev–Trinajstić information content (AvgIpc) is 2.56. The molecule has 0 aliphatic rings. The molecule has 0 radical (unpaired) electrons. The van der Waals surface area contributed by atoms with E-state index in [1.165, 1.54) is 0 Å². The zero-order valence-electron chi connectivity index (χ0n) is 12.1. The first-order chi connectivity index (χ1) is 10.8. The van der Waals surface area contributed by atoms with Crippen LogP contribution in [-0.2, 0) is 6.42 Å². The van der Waals surface area contributed by atoms with Crippen molar-refractivity contribution in [1.82, 2.24) is 10.3 Å². The molecule has 2 amide bonds. The molecule has 0 saturated heterocycles. The monoisotopic (exact) mass is 291 g/mol. The van der Waals surface area contributed by atoms with Crippen molar-refractivity contribution < 1.29 is 4.79 Å². The van der Waals surface area contributed by atoms with Crippen LogP contribution in [0.4, 0.5) is 10.5 Å². The van der Waals surface area contributed by atoms with Gasteiger partial charge in [0.2, 0.25) is 0 Å². The molecule has 3 aromatic rings. The zero-order chi connectivity index (χ0) is 15.2. The summed E-state index contributed by atoms with van der Waals surface area (Å²) >= 11 is 0. The van der Waals surface area contributed by atoms with Gasteiger partial charge in [0.1, 0.15) is 0 Å². The quantitative estimate of drug-likeness (QED) is 0.771. The number of carbonyl (C=O) groups is 1. The lowest BCUT2D eigenvalue weighted by Crippen LogP contribution is -2.30. The van der Waals surface area contributed by atoms with Crippen molar-refractivity contribution in [2.45, 2.75) is 6.42 Å². The normalized spacial score (nSPS) is 10.4. The van der Waals surface area contributed by atoms with Crippen LogP contribution in [0.3, 0.4) is 0 Å². The number of benzene rings is 2. The molecule has 0 aliphatic carbocycles. The minimum Gasteiger partial charge on any atom is -0.338 e. The van der Waals surface area contributed by atoms with Crippen LogP contribution in [0.5, 0.6) is 0 Å². The van der Waals surface area contributed by atoms with Crippen LogP contribution in [-0.4, -0.2) is 17.6 Å². The van der Waals surface area contributed by atoms with Crippen molar-refractivity contribution in [3.05, 3.63) is 72.6 Å². The fourth-order valence-electron chi connectivity index (χ4n) is 2.37. The van der Waals surface area contributed by atoms with Crippen molar-refractivity contribution in [2.24, 2.45) is 0 Å². The van der Waals surface area contributed by atoms with E-state index in [2.05, 4.69) is 15.6 Å². The number of rotatable bonds is 4. The van der Waals surface area contributed by atoms with Crippen molar-refractivity contribution in [3.63, 3.8) is 0 Å². The Morgan fingerprint density at radius 3 is 2.59 bits per heavy atom. The van der Waals surface area contributed by atoms with E-state index >= 15 is 0 Å². The molecule has 4 nitrogen and oxygen atoms in total. The van der Waals surface area contributed by atoms with E-state index in [1.54, 1.807) is 12.4 Å². The smallest absolute Gasteiger partial charge is 0.319 e. The van der Waals surface area contributed by atoms with Gasteiger partial charge in [-0.2, -0.15) is 0 Å².